The molecule has 0 N–H and O–H groups in total. The molecule has 0 radical (unpaired) electrons. The van der Waals surface area contributed by atoms with E-state index in [1.54, 1.807) is 18.7 Å². The highest BCUT2D eigenvalue weighted by Gasteiger charge is 2.50. The molecule has 0 atom stereocenters. The molecular formula is C21H18F3N3OS. The lowest BCUT2D eigenvalue weighted by Crippen LogP contribution is -2.44. The van der Waals surface area contributed by atoms with Gasteiger partial charge in [-0.3, -0.25) is 9.69 Å². The molecule has 3 rings (SSSR count). The summed E-state index contributed by atoms with van der Waals surface area (Å²) in [6.07, 6.45) is -3.87. The number of thiocarbonyl (C=S) groups is 1. The molecule has 1 saturated heterocycles. The number of carbonyl (C=O) groups is 1. The Bertz CT molecular complexity index is 1020. The Hall–Kier alpha value is -2.92. The number of rotatable bonds is 3. The first kappa shape index (κ1) is 20.8. The Morgan fingerprint density at radius 1 is 1.10 bits per heavy atom. The Labute approximate surface area is 172 Å². The molecule has 29 heavy (non-hydrogen) atoms. The average Bonchev–Trinajstić information content (AvgIpc) is 2.85. The molecular weight excluding hydrogens is 399 g/mol. The number of hydrogen-bond acceptors (Lipinski definition) is 3. The van der Waals surface area contributed by atoms with Crippen molar-refractivity contribution in [3.63, 3.8) is 0 Å². The second-order valence-corrected chi connectivity index (χ2v) is 7.54. The van der Waals surface area contributed by atoms with Crippen LogP contribution in [-0.2, 0) is 17.4 Å². The minimum Gasteiger partial charge on any atom is -0.304 e. The molecule has 1 aliphatic rings. The molecule has 2 aromatic carbocycles. The highest BCUT2D eigenvalue weighted by Crippen LogP contribution is 2.39. The number of aryl methyl sites for hydroxylation is 1. The maximum Gasteiger partial charge on any atom is 0.417 e. The van der Waals surface area contributed by atoms with Crippen molar-refractivity contribution in [1.29, 1.82) is 5.26 Å². The fourth-order valence-corrected chi connectivity index (χ4v) is 3.86. The Balaban J connectivity index is 2.09. The van der Waals surface area contributed by atoms with Gasteiger partial charge in [-0.05, 0) is 68.4 Å². The number of amides is 1. The van der Waals surface area contributed by atoms with Crippen molar-refractivity contribution in [1.82, 2.24) is 0 Å². The molecule has 0 aromatic heterocycles. The van der Waals surface area contributed by atoms with Gasteiger partial charge in [0.05, 0.1) is 22.9 Å². The van der Waals surface area contributed by atoms with Crippen LogP contribution in [0.25, 0.3) is 0 Å². The lowest BCUT2D eigenvalue weighted by Gasteiger charge is -2.29. The van der Waals surface area contributed by atoms with E-state index in [4.69, 9.17) is 17.5 Å². The molecule has 0 bridgehead atoms. The highest BCUT2D eigenvalue weighted by atomic mass is 32.1. The van der Waals surface area contributed by atoms with Crippen molar-refractivity contribution in [3.8, 4) is 6.07 Å². The normalized spacial score (nSPS) is 16.3. The number of nitrogens with zero attached hydrogens (tertiary/aromatic N) is 3. The molecule has 4 nitrogen and oxygen atoms in total. The molecule has 1 aliphatic heterocycles. The Kier molecular flexibility index (Phi) is 5.13. The summed E-state index contributed by atoms with van der Waals surface area (Å²) < 4.78 is 40.1. The third-order valence-corrected chi connectivity index (χ3v) is 5.32. The second-order valence-electron chi connectivity index (χ2n) is 7.18. The van der Waals surface area contributed by atoms with Crippen LogP contribution < -0.4 is 9.80 Å². The third-order valence-electron chi connectivity index (χ3n) is 4.96. The van der Waals surface area contributed by atoms with E-state index in [0.717, 1.165) is 29.0 Å². The largest absolute Gasteiger partial charge is 0.417 e. The molecule has 0 spiro atoms. The maximum atomic E-state index is 13.4. The summed E-state index contributed by atoms with van der Waals surface area (Å²) in [5.74, 6) is -0.445. The topological polar surface area (TPSA) is 47.3 Å². The number of carbonyl (C=O) groups excluding carboxylic acids is 1. The quantitative estimate of drug-likeness (QED) is 0.656. The van der Waals surface area contributed by atoms with Crippen molar-refractivity contribution in [2.24, 2.45) is 0 Å². The zero-order chi connectivity index (χ0) is 21.6. The maximum absolute atomic E-state index is 13.4. The van der Waals surface area contributed by atoms with Crippen molar-refractivity contribution in [3.05, 3.63) is 59.2 Å². The molecule has 1 fully saturated rings. The zero-order valence-electron chi connectivity index (χ0n) is 16.0. The molecule has 0 aliphatic carbocycles. The van der Waals surface area contributed by atoms with Gasteiger partial charge in [0.25, 0.3) is 5.91 Å². The lowest BCUT2D eigenvalue weighted by atomic mass is 10.0. The minimum atomic E-state index is -4.73. The van der Waals surface area contributed by atoms with E-state index in [-0.39, 0.29) is 10.8 Å². The van der Waals surface area contributed by atoms with E-state index in [2.05, 4.69) is 0 Å². The van der Waals surface area contributed by atoms with Crippen LogP contribution in [0.5, 0.6) is 0 Å². The Morgan fingerprint density at radius 2 is 1.69 bits per heavy atom. The van der Waals surface area contributed by atoms with Gasteiger partial charge in [-0.1, -0.05) is 19.1 Å². The fraction of sp³-hybridized carbons (Fsp3) is 0.286. The first-order chi connectivity index (χ1) is 13.5. The molecule has 0 unspecified atom stereocenters. The third kappa shape index (κ3) is 3.47. The number of nitriles is 1. The number of hydrogen-bond donors (Lipinski definition) is 0. The van der Waals surface area contributed by atoms with E-state index in [1.807, 2.05) is 31.2 Å². The predicted molar refractivity (Wildman–Crippen MR) is 109 cm³/mol. The van der Waals surface area contributed by atoms with E-state index in [0.29, 0.717) is 5.69 Å². The Morgan fingerprint density at radius 3 is 2.21 bits per heavy atom. The van der Waals surface area contributed by atoms with E-state index >= 15 is 0 Å². The van der Waals surface area contributed by atoms with Crippen LogP contribution in [-0.4, -0.2) is 16.6 Å². The summed E-state index contributed by atoms with van der Waals surface area (Å²) >= 11 is 5.50. The first-order valence-electron chi connectivity index (χ1n) is 8.91. The fourth-order valence-electron chi connectivity index (χ4n) is 3.34. The van der Waals surface area contributed by atoms with Gasteiger partial charge in [-0.15, -0.1) is 0 Å². The van der Waals surface area contributed by atoms with Crippen molar-refractivity contribution >= 4 is 34.6 Å². The van der Waals surface area contributed by atoms with Gasteiger partial charge in [0.1, 0.15) is 5.54 Å². The van der Waals surface area contributed by atoms with Crippen LogP contribution in [0.3, 0.4) is 0 Å². The molecule has 150 valence electrons. The summed E-state index contributed by atoms with van der Waals surface area (Å²) in [6, 6.07) is 12.2. The first-order valence-corrected chi connectivity index (χ1v) is 9.32. The minimum absolute atomic E-state index is 0.0212. The summed E-state index contributed by atoms with van der Waals surface area (Å²) in [7, 11) is 0. The highest BCUT2D eigenvalue weighted by molar-refractivity contribution is 7.81. The molecule has 0 saturated carbocycles. The number of halogens is 3. The molecule has 1 amide bonds. The van der Waals surface area contributed by atoms with Crippen molar-refractivity contribution < 1.29 is 18.0 Å². The van der Waals surface area contributed by atoms with Crippen LogP contribution in [0, 0.1) is 11.3 Å². The van der Waals surface area contributed by atoms with Gasteiger partial charge in [-0.2, -0.15) is 18.4 Å². The van der Waals surface area contributed by atoms with Gasteiger partial charge in [0, 0.05) is 5.69 Å². The van der Waals surface area contributed by atoms with Crippen molar-refractivity contribution in [2.75, 3.05) is 9.80 Å². The van der Waals surface area contributed by atoms with Crippen LogP contribution in [0.4, 0.5) is 24.5 Å². The van der Waals surface area contributed by atoms with E-state index < -0.39 is 28.7 Å². The van der Waals surface area contributed by atoms with E-state index in [1.165, 1.54) is 12.1 Å². The van der Waals surface area contributed by atoms with Gasteiger partial charge in [0.15, 0.2) is 5.11 Å². The summed E-state index contributed by atoms with van der Waals surface area (Å²) in [6.45, 7) is 5.36. The average molecular weight is 417 g/mol. The smallest absolute Gasteiger partial charge is 0.304 e. The van der Waals surface area contributed by atoms with Gasteiger partial charge in [0.2, 0.25) is 0 Å². The SMILES string of the molecule is CCc1ccc(N2C(=S)N(c3ccc(C#N)c(C(F)(F)F)c3)C(=O)C2(C)C)cc1. The van der Waals surface area contributed by atoms with Crippen molar-refractivity contribution in [2.45, 2.75) is 38.9 Å². The van der Waals surface area contributed by atoms with Crippen LogP contribution >= 0.6 is 12.2 Å². The lowest BCUT2D eigenvalue weighted by molar-refractivity contribution is -0.137. The van der Waals surface area contributed by atoms with Crippen LogP contribution in [0.1, 0.15) is 37.5 Å². The van der Waals surface area contributed by atoms with Gasteiger partial charge < -0.3 is 4.90 Å². The molecule has 2 aromatic rings. The zero-order valence-corrected chi connectivity index (χ0v) is 16.9. The molecule has 8 heteroatoms. The number of anilines is 2. The van der Waals surface area contributed by atoms with Crippen LogP contribution in [0.2, 0.25) is 0 Å². The predicted octanol–water partition coefficient (Wildman–Crippen LogP) is 5.06. The summed E-state index contributed by atoms with van der Waals surface area (Å²) in [5.41, 5.74) is -0.926. The van der Waals surface area contributed by atoms with Crippen LogP contribution in [0.15, 0.2) is 42.5 Å². The second kappa shape index (κ2) is 7.16. The number of alkyl halides is 3. The molecule has 1 heterocycles. The van der Waals surface area contributed by atoms with Gasteiger partial charge in [-0.25, -0.2) is 0 Å². The number of benzene rings is 2. The summed E-state index contributed by atoms with van der Waals surface area (Å²) in [4.78, 5) is 15.8. The monoisotopic (exact) mass is 417 g/mol. The summed E-state index contributed by atoms with van der Waals surface area (Å²) in [5, 5.41) is 9.08. The standard InChI is InChI=1S/C21H18F3N3OS/c1-4-13-5-8-15(9-6-13)27-19(29)26(18(28)20(27,2)3)16-10-7-14(12-25)17(11-16)21(22,23)24/h5-11H,4H2,1-3H3. The van der Waals surface area contributed by atoms with Gasteiger partial charge >= 0.3 is 6.18 Å². The van der Waals surface area contributed by atoms with E-state index in [9.17, 15) is 18.0 Å².